The van der Waals surface area contributed by atoms with Crippen LogP contribution in [0, 0.1) is 10.1 Å². The standard InChI is InChI=1S/C16H11ClN4O6S/c17-8-1-3-10(11(5-8)21(25)26)12-4-2-9(27-12)7-18-20-16-19-15(24)13(28-16)6-14(22)23/h1-5,7,13H,6H2,(H,22,23)(H,19,20,24)/b18-7-/t13-/m0/s1. The van der Waals surface area contributed by atoms with Gasteiger partial charge >= 0.3 is 5.97 Å². The van der Waals surface area contributed by atoms with Gasteiger partial charge in [0, 0.05) is 11.1 Å². The van der Waals surface area contributed by atoms with E-state index in [2.05, 4.69) is 15.5 Å². The molecule has 1 saturated heterocycles. The Bertz CT molecular complexity index is 1020. The molecular formula is C16H11ClN4O6S. The van der Waals surface area contributed by atoms with Crippen LogP contribution in [0.1, 0.15) is 12.2 Å². The molecule has 2 heterocycles. The molecule has 1 fully saturated rings. The molecule has 12 heteroatoms. The molecule has 1 aromatic carbocycles. The highest BCUT2D eigenvalue weighted by atomic mass is 35.5. The SMILES string of the molecule is O=C(O)C[C@@H]1S/C(=N\N=C/c2ccc(-c3ccc(Cl)cc3[N+](=O)[O-])o2)NC1=O. The fourth-order valence-corrected chi connectivity index (χ4v) is 3.40. The number of carboxylic acids is 1. The van der Waals surface area contributed by atoms with Gasteiger partial charge in [-0.3, -0.25) is 19.7 Å². The number of rotatable bonds is 6. The summed E-state index contributed by atoms with van der Waals surface area (Å²) >= 11 is 6.76. The van der Waals surface area contributed by atoms with E-state index in [-0.39, 0.29) is 39.4 Å². The lowest BCUT2D eigenvalue weighted by Crippen LogP contribution is -2.26. The molecule has 2 N–H and O–H groups in total. The predicted molar refractivity (Wildman–Crippen MR) is 103 cm³/mol. The minimum atomic E-state index is -1.09. The molecular weight excluding hydrogens is 412 g/mol. The summed E-state index contributed by atoms with van der Waals surface area (Å²) in [6.07, 6.45) is 0.941. The van der Waals surface area contributed by atoms with Crippen LogP contribution < -0.4 is 5.32 Å². The number of nitro benzene ring substituents is 1. The molecule has 28 heavy (non-hydrogen) atoms. The predicted octanol–water partition coefficient (Wildman–Crippen LogP) is 2.90. The maximum Gasteiger partial charge on any atom is 0.305 e. The van der Waals surface area contributed by atoms with Crippen molar-refractivity contribution in [1.82, 2.24) is 5.32 Å². The molecule has 3 rings (SSSR count). The zero-order valence-corrected chi connectivity index (χ0v) is 15.4. The van der Waals surface area contributed by atoms with E-state index >= 15 is 0 Å². The van der Waals surface area contributed by atoms with E-state index in [0.717, 1.165) is 11.8 Å². The van der Waals surface area contributed by atoms with Crippen molar-refractivity contribution in [1.29, 1.82) is 0 Å². The van der Waals surface area contributed by atoms with Crippen LogP contribution in [0.15, 0.2) is 45.0 Å². The van der Waals surface area contributed by atoms with Gasteiger partial charge in [-0.1, -0.05) is 23.4 Å². The normalized spacial score (nSPS) is 18.0. The summed E-state index contributed by atoms with van der Waals surface area (Å²) < 4.78 is 5.52. The van der Waals surface area contributed by atoms with Crippen molar-refractivity contribution in [2.75, 3.05) is 0 Å². The van der Waals surface area contributed by atoms with Crippen LogP contribution in [0.2, 0.25) is 5.02 Å². The van der Waals surface area contributed by atoms with Gasteiger partial charge in [0.25, 0.3) is 5.69 Å². The molecule has 10 nitrogen and oxygen atoms in total. The Morgan fingerprint density at radius 2 is 2.21 bits per heavy atom. The molecule has 2 aromatic rings. The summed E-state index contributed by atoms with van der Waals surface area (Å²) in [5, 5.41) is 29.6. The van der Waals surface area contributed by atoms with Crippen LogP contribution in [-0.4, -0.2) is 38.5 Å². The topological polar surface area (TPSA) is 147 Å². The Hall–Kier alpha value is -3.18. The van der Waals surface area contributed by atoms with E-state index in [9.17, 15) is 19.7 Å². The second kappa shape index (κ2) is 8.23. The number of aliphatic carboxylic acids is 1. The molecule has 0 radical (unpaired) electrons. The van der Waals surface area contributed by atoms with Crippen molar-refractivity contribution in [2.24, 2.45) is 10.2 Å². The maximum absolute atomic E-state index is 11.6. The second-order valence-electron chi connectivity index (χ2n) is 5.46. The molecule has 1 aromatic heterocycles. The molecule has 1 amide bonds. The van der Waals surface area contributed by atoms with Crippen LogP contribution in [0.3, 0.4) is 0 Å². The zero-order chi connectivity index (χ0) is 20.3. The van der Waals surface area contributed by atoms with Crippen LogP contribution in [0.4, 0.5) is 5.69 Å². The first kappa shape index (κ1) is 19.6. The monoisotopic (exact) mass is 422 g/mol. The minimum absolute atomic E-state index is 0.174. The van der Waals surface area contributed by atoms with E-state index in [1.54, 1.807) is 12.1 Å². The number of nitro groups is 1. The quantitative estimate of drug-likeness (QED) is 0.413. The number of nitrogens with one attached hydrogen (secondary N) is 1. The van der Waals surface area contributed by atoms with E-state index in [0.29, 0.717) is 0 Å². The van der Waals surface area contributed by atoms with E-state index < -0.39 is 22.0 Å². The molecule has 144 valence electrons. The number of carbonyl (C=O) groups excluding carboxylic acids is 1. The van der Waals surface area contributed by atoms with E-state index in [4.69, 9.17) is 21.1 Å². The van der Waals surface area contributed by atoms with Gasteiger partial charge in [0.05, 0.1) is 23.1 Å². The Morgan fingerprint density at radius 1 is 1.43 bits per heavy atom. The Balaban J connectivity index is 1.73. The molecule has 0 aliphatic carbocycles. The third-order valence-electron chi connectivity index (χ3n) is 3.52. The van der Waals surface area contributed by atoms with Crippen molar-refractivity contribution in [3.8, 4) is 11.3 Å². The summed E-state index contributed by atoms with van der Waals surface area (Å²) in [6, 6.07) is 7.31. The van der Waals surface area contributed by atoms with Gasteiger partial charge in [-0.05, 0) is 24.3 Å². The number of amidine groups is 1. The minimum Gasteiger partial charge on any atom is -0.481 e. The van der Waals surface area contributed by atoms with Crippen molar-refractivity contribution in [3.63, 3.8) is 0 Å². The number of nitrogens with zero attached hydrogens (tertiary/aromatic N) is 3. The van der Waals surface area contributed by atoms with Crippen molar-refractivity contribution in [2.45, 2.75) is 11.7 Å². The van der Waals surface area contributed by atoms with Gasteiger partial charge in [-0.25, -0.2) is 0 Å². The number of furan rings is 1. The summed E-state index contributed by atoms with van der Waals surface area (Å²) in [5.74, 6) is -1.00. The first-order valence-corrected chi connectivity index (χ1v) is 8.93. The highest BCUT2D eigenvalue weighted by Crippen LogP contribution is 2.33. The lowest BCUT2D eigenvalue weighted by Gasteiger charge is -2.00. The summed E-state index contributed by atoms with van der Waals surface area (Å²) in [6.45, 7) is 0. The third-order valence-corrected chi connectivity index (χ3v) is 4.83. The van der Waals surface area contributed by atoms with Crippen LogP contribution in [0.25, 0.3) is 11.3 Å². The average molecular weight is 423 g/mol. The van der Waals surface area contributed by atoms with Crippen LogP contribution in [0.5, 0.6) is 0 Å². The molecule has 0 saturated carbocycles. The number of benzene rings is 1. The second-order valence-corrected chi connectivity index (χ2v) is 7.09. The molecule has 0 unspecified atom stereocenters. The summed E-state index contributed by atoms with van der Waals surface area (Å²) in [5.41, 5.74) is 0.0654. The third kappa shape index (κ3) is 4.56. The Labute approximate surface area is 166 Å². The average Bonchev–Trinajstić information content (AvgIpc) is 3.21. The van der Waals surface area contributed by atoms with Gasteiger partial charge in [0.1, 0.15) is 16.8 Å². The van der Waals surface area contributed by atoms with Gasteiger partial charge in [-0.2, -0.15) is 5.10 Å². The largest absolute Gasteiger partial charge is 0.481 e. The molecule has 1 atom stereocenters. The van der Waals surface area contributed by atoms with Gasteiger partial charge in [0.15, 0.2) is 5.17 Å². The van der Waals surface area contributed by atoms with E-state index in [1.165, 1.54) is 24.4 Å². The zero-order valence-electron chi connectivity index (χ0n) is 13.9. The van der Waals surface area contributed by atoms with Crippen molar-refractivity contribution in [3.05, 3.63) is 51.2 Å². The number of carboxylic acid groups (broad SMARTS) is 1. The number of carbonyl (C=O) groups is 2. The van der Waals surface area contributed by atoms with E-state index in [1.807, 2.05) is 0 Å². The number of amides is 1. The molecule has 0 bridgehead atoms. The van der Waals surface area contributed by atoms with Crippen LogP contribution >= 0.6 is 23.4 Å². The highest BCUT2D eigenvalue weighted by molar-refractivity contribution is 8.15. The van der Waals surface area contributed by atoms with Gasteiger partial charge < -0.3 is 14.8 Å². The number of hydrogen-bond acceptors (Lipinski definition) is 8. The maximum atomic E-state index is 11.6. The number of halogens is 1. The summed E-state index contributed by atoms with van der Waals surface area (Å²) in [4.78, 5) is 32.9. The van der Waals surface area contributed by atoms with Crippen LogP contribution in [-0.2, 0) is 9.59 Å². The fourth-order valence-electron chi connectivity index (χ4n) is 2.31. The molecule has 1 aliphatic rings. The lowest BCUT2D eigenvalue weighted by molar-refractivity contribution is -0.384. The number of hydrogen-bond donors (Lipinski definition) is 2. The highest BCUT2D eigenvalue weighted by Gasteiger charge is 2.32. The Kier molecular flexibility index (Phi) is 5.76. The smallest absolute Gasteiger partial charge is 0.305 e. The van der Waals surface area contributed by atoms with Crippen molar-refractivity contribution >= 4 is 52.3 Å². The number of thioether (sulfide) groups is 1. The Morgan fingerprint density at radius 3 is 2.93 bits per heavy atom. The van der Waals surface area contributed by atoms with Gasteiger partial charge in [0.2, 0.25) is 5.91 Å². The first-order valence-electron chi connectivity index (χ1n) is 7.68. The molecule has 1 aliphatic heterocycles. The van der Waals surface area contributed by atoms with Crippen molar-refractivity contribution < 1.29 is 24.0 Å². The lowest BCUT2D eigenvalue weighted by atomic mass is 10.1. The molecule has 0 spiro atoms. The fraction of sp³-hybridized carbons (Fsp3) is 0.125. The van der Waals surface area contributed by atoms with Gasteiger partial charge in [-0.15, -0.1) is 5.10 Å². The summed E-state index contributed by atoms with van der Waals surface area (Å²) in [7, 11) is 0. The first-order chi connectivity index (χ1) is 13.3.